The quantitative estimate of drug-likeness (QED) is 0.348. The second kappa shape index (κ2) is 6.09. The molecule has 3 aliphatic heterocycles. The number of aliphatic hydroxyl groups excluding tert-OH is 2. The summed E-state index contributed by atoms with van der Waals surface area (Å²) in [6, 6.07) is 0. The third kappa shape index (κ3) is 3.12. The zero-order valence-corrected chi connectivity index (χ0v) is 14.4. The third-order valence-electron chi connectivity index (χ3n) is 3.45. The lowest BCUT2D eigenvalue weighted by atomic mass is 10.1. The lowest BCUT2D eigenvalue weighted by molar-refractivity contribution is -0.0318. The lowest BCUT2D eigenvalue weighted by Gasteiger charge is -2.29. The topological polar surface area (TPSA) is 142 Å². The zero-order chi connectivity index (χ0) is 17.7. The number of amidine groups is 1. The number of aliphatic imine (C=N–C) groups is 4. The van der Waals surface area contributed by atoms with Crippen molar-refractivity contribution in [1.29, 1.82) is 0 Å². The van der Waals surface area contributed by atoms with Crippen LogP contribution in [0.2, 0.25) is 0 Å². The smallest absolute Gasteiger partial charge is 0.264 e. The predicted molar refractivity (Wildman–Crippen MR) is 86.7 cm³/mol. The highest BCUT2D eigenvalue weighted by molar-refractivity contribution is 7.86. The van der Waals surface area contributed by atoms with E-state index in [1.807, 2.05) is 0 Å². The van der Waals surface area contributed by atoms with Crippen LogP contribution < -0.4 is 0 Å². The van der Waals surface area contributed by atoms with Gasteiger partial charge in [0.05, 0.1) is 12.9 Å². The fourth-order valence-electron chi connectivity index (χ4n) is 2.49. The number of hydrogen-bond donors (Lipinski definition) is 2. The van der Waals surface area contributed by atoms with Crippen LogP contribution in [0.3, 0.4) is 0 Å². The van der Waals surface area contributed by atoms with Gasteiger partial charge in [0, 0.05) is 0 Å². The molecule has 0 aromatic rings. The predicted octanol–water partition coefficient (Wildman–Crippen LogP) is -1.12. The van der Waals surface area contributed by atoms with Crippen molar-refractivity contribution in [2.75, 3.05) is 12.9 Å². The van der Waals surface area contributed by atoms with Gasteiger partial charge in [0.1, 0.15) is 36.5 Å². The number of halogens is 2. The van der Waals surface area contributed by atoms with Gasteiger partial charge in [-0.2, -0.15) is 8.42 Å². The zero-order valence-electron chi connectivity index (χ0n) is 12.1. The fraction of sp³-hybridized carbons (Fsp3) is 0.636. The Morgan fingerprint density at radius 3 is 2.79 bits per heavy atom. The summed E-state index contributed by atoms with van der Waals surface area (Å²) in [5.74, 6) is 0.105. The monoisotopic (exact) mass is 398 g/mol. The maximum Gasteiger partial charge on any atom is 0.264 e. The summed E-state index contributed by atoms with van der Waals surface area (Å²) in [5, 5.41) is 17.8. The highest BCUT2D eigenvalue weighted by atomic mass is 35.5. The van der Waals surface area contributed by atoms with E-state index in [4.69, 9.17) is 32.1 Å². The third-order valence-corrected chi connectivity index (χ3v) is 4.67. The molecule has 0 amide bonds. The first-order valence-electron chi connectivity index (χ1n) is 6.62. The molecule has 24 heavy (non-hydrogen) atoms. The summed E-state index contributed by atoms with van der Waals surface area (Å²) >= 11 is 12.3. The molecule has 2 N–H and O–H groups in total. The number of ether oxygens (including phenoxy) is 1. The second-order valence-corrected chi connectivity index (χ2v) is 7.74. The fourth-order valence-corrected chi connectivity index (χ4v) is 3.78. The Balaban J connectivity index is 1.93. The molecule has 1 fully saturated rings. The van der Waals surface area contributed by atoms with Crippen LogP contribution in [0, 0.1) is 0 Å². The summed E-state index contributed by atoms with van der Waals surface area (Å²) in [6.45, 7) is -0.612. The van der Waals surface area contributed by atoms with E-state index in [0.717, 1.165) is 6.26 Å². The largest absolute Gasteiger partial charge is 0.394 e. The molecular weight excluding hydrogens is 387 g/mol. The molecule has 0 aliphatic carbocycles. The molecule has 0 aromatic heterocycles. The van der Waals surface area contributed by atoms with Crippen LogP contribution in [0.25, 0.3) is 0 Å². The molecule has 5 atom stereocenters. The van der Waals surface area contributed by atoms with Crippen molar-refractivity contribution in [3.63, 3.8) is 0 Å². The van der Waals surface area contributed by atoms with Crippen molar-refractivity contribution in [3.05, 3.63) is 0 Å². The molecule has 0 saturated carbocycles. The van der Waals surface area contributed by atoms with Crippen molar-refractivity contribution >= 4 is 56.4 Å². The minimum Gasteiger partial charge on any atom is -0.394 e. The Hall–Kier alpha value is -0.950. The van der Waals surface area contributed by atoms with Crippen LogP contribution >= 0.6 is 23.2 Å². The van der Waals surface area contributed by atoms with Crippen molar-refractivity contribution in [2.45, 2.75) is 29.5 Å². The molecule has 0 radical (unpaired) electrons. The Bertz CT molecular complexity index is 781. The van der Waals surface area contributed by atoms with Gasteiger partial charge in [0.15, 0.2) is 11.0 Å². The van der Waals surface area contributed by atoms with Gasteiger partial charge < -0.3 is 14.9 Å². The van der Waals surface area contributed by atoms with E-state index in [1.54, 1.807) is 0 Å². The van der Waals surface area contributed by atoms with E-state index in [9.17, 15) is 18.6 Å². The van der Waals surface area contributed by atoms with Crippen LogP contribution in [0.15, 0.2) is 20.0 Å². The molecule has 13 heteroatoms. The van der Waals surface area contributed by atoms with Crippen LogP contribution in [-0.4, -0.2) is 84.1 Å². The highest BCUT2D eigenvalue weighted by Crippen LogP contribution is 2.39. The average Bonchev–Trinajstić information content (AvgIpc) is 3.03. The summed E-state index contributed by atoms with van der Waals surface area (Å²) in [4.78, 5) is 15.8. The molecule has 3 rings (SSSR count). The van der Waals surface area contributed by atoms with Gasteiger partial charge in [-0.05, 0) is 0 Å². The van der Waals surface area contributed by atoms with Crippen LogP contribution in [-0.2, 0) is 19.0 Å². The molecular formula is C11H12Cl2N4O6S. The minimum atomic E-state index is -3.92. The summed E-state index contributed by atoms with van der Waals surface area (Å²) < 4.78 is 32.9. The van der Waals surface area contributed by atoms with E-state index in [2.05, 4.69) is 20.0 Å². The minimum absolute atomic E-state index is 0.0867. The van der Waals surface area contributed by atoms with Crippen molar-refractivity contribution in [2.24, 2.45) is 20.0 Å². The standard InChI is InChI=1S/C11H12Cl2N4O6S/c1-24(20,21)23-7-4(2-18)22-8(6(7)19)11(13)16-9(12)5-10(17-11)15-3-14-5/h3-4,6-8,18-19H,2H2,1H3/t4-,6-,7+,8-,11?/m1/s1. The van der Waals surface area contributed by atoms with Crippen LogP contribution in [0.4, 0.5) is 0 Å². The summed E-state index contributed by atoms with van der Waals surface area (Å²) in [5.41, 5.74) is 0.225. The molecule has 1 unspecified atom stereocenters. The Morgan fingerprint density at radius 2 is 2.17 bits per heavy atom. The number of hydrogen-bond acceptors (Lipinski definition) is 10. The van der Waals surface area contributed by atoms with E-state index in [1.165, 1.54) is 6.34 Å². The van der Waals surface area contributed by atoms with Crippen molar-refractivity contribution in [3.8, 4) is 0 Å². The lowest BCUT2D eigenvalue weighted by Crippen LogP contribution is -2.47. The average molecular weight is 399 g/mol. The molecule has 3 aliphatic rings. The SMILES string of the molecule is CS(=O)(=O)O[C@@H]1[C@@H](O)[C@H](C2(Cl)N=C(Cl)C3=NC=NC3=N2)O[C@@H]1CO. The first-order valence-corrected chi connectivity index (χ1v) is 9.20. The molecule has 10 nitrogen and oxygen atoms in total. The van der Waals surface area contributed by atoms with E-state index >= 15 is 0 Å². The van der Waals surface area contributed by atoms with Crippen molar-refractivity contribution < 1.29 is 27.6 Å². The molecule has 132 valence electrons. The summed E-state index contributed by atoms with van der Waals surface area (Å²) in [7, 11) is -3.92. The number of aliphatic hydroxyl groups is 2. The Labute approximate surface area is 146 Å². The molecule has 0 spiro atoms. The van der Waals surface area contributed by atoms with Gasteiger partial charge in [-0.25, -0.2) is 20.0 Å². The van der Waals surface area contributed by atoms with Gasteiger partial charge in [-0.1, -0.05) is 23.2 Å². The van der Waals surface area contributed by atoms with Gasteiger partial charge >= 0.3 is 0 Å². The maximum atomic E-state index is 11.3. The molecule has 0 bridgehead atoms. The van der Waals surface area contributed by atoms with Crippen LogP contribution in [0.1, 0.15) is 0 Å². The molecule has 3 heterocycles. The first kappa shape index (κ1) is 17.9. The van der Waals surface area contributed by atoms with Crippen molar-refractivity contribution in [1.82, 2.24) is 0 Å². The second-order valence-electron chi connectivity index (χ2n) is 5.23. The van der Waals surface area contributed by atoms with Gasteiger partial charge in [-0.15, -0.1) is 0 Å². The van der Waals surface area contributed by atoms with Gasteiger partial charge in [0.25, 0.3) is 15.2 Å². The van der Waals surface area contributed by atoms with E-state index in [-0.39, 0.29) is 16.7 Å². The number of fused-ring (bicyclic) bond motifs is 1. The van der Waals surface area contributed by atoms with Gasteiger partial charge in [-0.3, -0.25) is 4.18 Å². The number of rotatable bonds is 4. The van der Waals surface area contributed by atoms with Crippen LogP contribution in [0.5, 0.6) is 0 Å². The van der Waals surface area contributed by atoms with Gasteiger partial charge in [0.2, 0.25) is 0 Å². The van der Waals surface area contributed by atoms with E-state index < -0.39 is 46.3 Å². The Morgan fingerprint density at radius 1 is 1.46 bits per heavy atom. The highest BCUT2D eigenvalue weighted by Gasteiger charge is 2.56. The maximum absolute atomic E-state index is 11.3. The molecule has 1 saturated heterocycles. The first-order chi connectivity index (χ1) is 11.1. The molecule has 0 aromatic carbocycles. The van der Waals surface area contributed by atoms with E-state index in [0.29, 0.717) is 0 Å². The number of alkyl halides is 1. The summed E-state index contributed by atoms with van der Waals surface area (Å²) in [6.07, 6.45) is -3.37. The normalized spacial score (nSPS) is 38.6. The number of nitrogens with zero attached hydrogens (tertiary/aromatic N) is 4. The Kier molecular flexibility index (Phi) is 4.53.